The van der Waals surface area contributed by atoms with Gasteiger partial charge in [-0.25, -0.2) is 12.8 Å². The molecule has 1 heterocycles. The Morgan fingerprint density at radius 3 is 2.84 bits per heavy atom. The van der Waals surface area contributed by atoms with Crippen LogP contribution in [-0.2, 0) is 14.6 Å². The quantitative estimate of drug-likeness (QED) is 0.922. The minimum Gasteiger partial charge on any atom is -0.326 e. The highest BCUT2D eigenvalue weighted by Crippen LogP contribution is 2.23. The highest BCUT2D eigenvalue weighted by Gasteiger charge is 2.29. The smallest absolute Gasteiger partial charge is 0.224 e. The molecule has 1 saturated heterocycles. The predicted molar refractivity (Wildman–Crippen MR) is 71.1 cm³/mol. The van der Waals surface area contributed by atoms with Crippen LogP contribution in [0.2, 0.25) is 0 Å². The number of benzene rings is 1. The van der Waals surface area contributed by atoms with Gasteiger partial charge in [-0.05, 0) is 37.0 Å². The van der Waals surface area contributed by atoms with E-state index < -0.39 is 15.7 Å². The first-order valence-electron chi connectivity index (χ1n) is 6.12. The Hall–Kier alpha value is -1.43. The Kier molecular flexibility index (Phi) is 3.89. The van der Waals surface area contributed by atoms with Crippen molar-refractivity contribution in [2.75, 3.05) is 16.8 Å². The number of nitrogens with one attached hydrogen (secondary N) is 1. The molecule has 19 heavy (non-hydrogen) atoms. The van der Waals surface area contributed by atoms with Gasteiger partial charge in [-0.15, -0.1) is 0 Å². The summed E-state index contributed by atoms with van der Waals surface area (Å²) in [6.45, 7) is 1.77. The zero-order valence-electron chi connectivity index (χ0n) is 10.6. The Labute approximate surface area is 111 Å². The molecule has 0 bridgehead atoms. The number of carbonyl (C=O) groups is 1. The molecule has 4 nitrogen and oxygen atoms in total. The third kappa shape index (κ3) is 3.76. The van der Waals surface area contributed by atoms with Gasteiger partial charge in [0.1, 0.15) is 5.82 Å². The van der Waals surface area contributed by atoms with Crippen molar-refractivity contribution in [3.05, 3.63) is 29.6 Å². The Morgan fingerprint density at radius 2 is 2.21 bits per heavy atom. The van der Waals surface area contributed by atoms with E-state index in [9.17, 15) is 17.6 Å². The van der Waals surface area contributed by atoms with Crippen LogP contribution in [0.4, 0.5) is 10.1 Å². The second-order valence-electron chi connectivity index (χ2n) is 4.98. The van der Waals surface area contributed by atoms with E-state index >= 15 is 0 Å². The normalized spacial score (nSPS) is 21.3. The fourth-order valence-corrected chi connectivity index (χ4v) is 4.09. The first-order valence-corrected chi connectivity index (χ1v) is 7.94. The first-order chi connectivity index (χ1) is 8.85. The molecule has 0 saturated carbocycles. The van der Waals surface area contributed by atoms with Crippen LogP contribution >= 0.6 is 0 Å². The molecule has 1 aromatic rings. The van der Waals surface area contributed by atoms with E-state index in [0.29, 0.717) is 12.1 Å². The molecule has 0 spiro atoms. The minimum atomic E-state index is -2.97. The molecule has 0 aliphatic carbocycles. The van der Waals surface area contributed by atoms with Crippen LogP contribution in [0.3, 0.4) is 0 Å². The van der Waals surface area contributed by atoms with Gasteiger partial charge in [0.15, 0.2) is 9.84 Å². The van der Waals surface area contributed by atoms with Crippen LogP contribution < -0.4 is 5.32 Å². The van der Waals surface area contributed by atoms with E-state index in [1.54, 1.807) is 13.0 Å². The predicted octanol–water partition coefficient (Wildman–Crippen LogP) is 1.90. The molecule has 0 aromatic heterocycles. The maximum Gasteiger partial charge on any atom is 0.224 e. The van der Waals surface area contributed by atoms with Gasteiger partial charge in [-0.2, -0.15) is 0 Å². The SMILES string of the molecule is Cc1ccc(F)cc1NC(=O)C[C@@H]1CCS(=O)(=O)C1. The summed E-state index contributed by atoms with van der Waals surface area (Å²) in [5.41, 5.74) is 1.21. The summed E-state index contributed by atoms with van der Waals surface area (Å²) >= 11 is 0. The van der Waals surface area contributed by atoms with E-state index in [2.05, 4.69) is 5.32 Å². The van der Waals surface area contributed by atoms with Crippen LogP contribution in [-0.4, -0.2) is 25.8 Å². The summed E-state index contributed by atoms with van der Waals surface area (Å²) in [7, 11) is -2.97. The van der Waals surface area contributed by atoms with E-state index in [4.69, 9.17) is 0 Å². The van der Waals surface area contributed by atoms with Crippen LogP contribution in [0.5, 0.6) is 0 Å². The second-order valence-corrected chi connectivity index (χ2v) is 7.21. The van der Waals surface area contributed by atoms with Crippen molar-refractivity contribution in [2.24, 2.45) is 5.92 Å². The van der Waals surface area contributed by atoms with Crippen molar-refractivity contribution < 1.29 is 17.6 Å². The van der Waals surface area contributed by atoms with Gasteiger partial charge in [0.2, 0.25) is 5.91 Å². The molecule has 1 N–H and O–H groups in total. The van der Waals surface area contributed by atoms with Crippen molar-refractivity contribution in [2.45, 2.75) is 19.8 Å². The Morgan fingerprint density at radius 1 is 1.47 bits per heavy atom. The lowest BCUT2D eigenvalue weighted by Crippen LogP contribution is -2.18. The molecule has 1 aromatic carbocycles. The number of anilines is 1. The third-order valence-corrected chi connectivity index (χ3v) is 5.11. The van der Waals surface area contributed by atoms with E-state index in [0.717, 1.165) is 5.56 Å². The van der Waals surface area contributed by atoms with E-state index in [-0.39, 0.29) is 29.8 Å². The van der Waals surface area contributed by atoms with Gasteiger partial charge in [0, 0.05) is 12.1 Å². The summed E-state index contributed by atoms with van der Waals surface area (Å²) in [5, 5.41) is 2.63. The number of hydrogen-bond acceptors (Lipinski definition) is 3. The van der Waals surface area contributed by atoms with Crippen LogP contribution in [0.1, 0.15) is 18.4 Å². The third-order valence-electron chi connectivity index (χ3n) is 3.27. The molecular weight excluding hydrogens is 269 g/mol. The monoisotopic (exact) mass is 285 g/mol. The van der Waals surface area contributed by atoms with Crippen LogP contribution in [0, 0.1) is 18.7 Å². The zero-order chi connectivity index (χ0) is 14.0. The molecule has 1 aliphatic rings. The number of amides is 1. The number of sulfone groups is 1. The summed E-state index contributed by atoms with van der Waals surface area (Å²) < 4.78 is 35.7. The number of hydrogen-bond donors (Lipinski definition) is 1. The van der Waals surface area contributed by atoms with E-state index in [1.807, 2.05) is 0 Å². The zero-order valence-corrected chi connectivity index (χ0v) is 11.5. The summed E-state index contributed by atoms with van der Waals surface area (Å²) in [6.07, 6.45) is 0.688. The molecule has 1 fully saturated rings. The van der Waals surface area contributed by atoms with Gasteiger partial charge in [0.05, 0.1) is 11.5 Å². The Balaban J connectivity index is 1.97. The molecule has 104 valence electrons. The van der Waals surface area contributed by atoms with Gasteiger partial charge in [0.25, 0.3) is 0 Å². The Bertz CT molecular complexity index is 598. The van der Waals surface area contributed by atoms with Crippen molar-refractivity contribution >= 4 is 21.4 Å². The van der Waals surface area contributed by atoms with Gasteiger partial charge < -0.3 is 5.32 Å². The van der Waals surface area contributed by atoms with Crippen molar-refractivity contribution in [1.29, 1.82) is 0 Å². The lowest BCUT2D eigenvalue weighted by atomic mass is 10.0. The summed E-state index contributed by atoms with van der Waals surface area (Å²) in [5.74, 6) is -0.578. The largest absolute Gasteiger partial charge is 0.326 e. The van der Waals surface area contributed by atoms with Crippen molar-refractivity contribution in [3.8, 4) is 0 Å². The van der Waals surface area contributed by atoms with Crippen LogP contribution in [0.25, 0.3) is 0 Å². The molecule has 1 atom stereocenters. The highest BCUT2D eigenvalue weighted by atomic mass is 32.2. The van der Waals surface area contributed by atoms with Crippen LogP contribution in [0.15, 0.2) is 18.2 Å². The summed E-state index contributed by atoms with van der Waals surface area (Å²) in [4.78, 5) is 11.8. The van der Waals surface area contributed by atoms with Crippen molar-refractivity contribution in [1.82, 2.24) is 0 Å². The number of aryl methyl sites for hydroxylation is 1. The fraction of sp³-hybridized carbons (Fsp3) is 0.462. The average molecular weight is 285 g/mol. The molecule has 1 aliphatic heterocycles. The summed E-state index contributed by atoms with van der Waals surface area (Å²) in [6, 6.07) is 4.18. The van der Waals surface area contributed by atoms with E-state index in [1.165, 1.54) is 12.1 Å². The molecule has 0 unspecified atom stereocenters. The molecule has 1 amide bonds. The number of halogens is 1. The first kappa shape index (κ1) is 14.0. The van der Waals surface area contributed by atoms with Gasteiger partial charge in [-0.1, -0.05) is 6.07 Å². The van der Waals surface area contributed by atoms with Crippen molar-refractivity contribution in [3.63, 3.8) is 0 Å². The lowest BCUT2D eigenvalue weighted by Gasteiger charge is -2.10. The number of carbonyl (C=O) groups excluding carboxylic acids is 1. The average Bonchev–Trinajstić information content (AvgIpc) is 2.63. The maximum absolute atomic E-state index is 13.1. The molecule has 0 radical (unpaired) electrons. The fourth-order valence-electron chi connectivity index (χ4n) is 2.23. The second kappa shape index (κ2) is 5.28. The molecule has 2 rings (SSSR count). The van der Waals surface area contributed by atoms with Gasteiger partial charge in [-0.3, -0.25) is 4.79 Å². The standard InChI is InChI=1S/C13H16FNO3S/c1-9-2-3-11(14)7-12(9)15-13(16)6-10-4-5-19(17,18)8-10/h2-3,7,10H,4-6,8H2,1H3,(H,15,16)/t10-/m0/s1. The topological polar surface area (TPSA) is 63.2 Å². The number of rotatable bonds is 3. The lowest BCUT2D eigenvalue weighted by molar-refractivity contribution is -0.116. The van der Waals surface area contributed by atoms with Gasteiger partial charge >= 0.3 is 0 Å². The highest BCUT2D eigenvalue weighted by molar-refractivity contribution is 7.91. The maximum atomic E-state index is 13.1. The minimum absolute atomic E-state index is 0.0720. The molecule has 6 heteroatoms. The molecular formula is C13H16FNO3S.